The molecule has 0 aromatic carbocycles. The lowest BCUT2D eigenvalue weighted by molar-refractivity contribution is -0.113. The van der Waals surface area contributed by atoms with E-state index in [1.807, 2.05) is 0 Å². The molecule has 0 aromatic rings. The van der Waals surface area contributed by atoms with Gasteiger partial charge in [-0.05, 0) is 43.4 Å². The van der Waals surface area contributed by atoms with Gasteiger partial charge in [0.05, 0.1) is 0 Å². The Labute approximate surface area is 87.3 Å². The Kier molecular flexibility index (Phi) is 2.94. The van der Waals surface area contributed by atoms with E-state index in [4.69, 9.17) is 0 Å². The largest absolute Gasteiger partial charge is 0.303 e. The van der Waals surface area contributed by atoms with Crippen LogP contribution in [0.1, 0.15) is 58.3 Å². The summed E-state index contributed by atoms with van der Waals surface area (Å²) in [7, 11) is 0. The Morgan fingerprint density at radius 1 is 1.14 bits per heavy atom. The second-order valence-electron chi connectivity index (χ2n) is 5.63. The molecule has 0 N–H and O–H groups in total. The Morgan fingerprint density at radius 3 is 2.50 bits per heavy atom. The number of aldehydes is 1. The monoisotopic (exact) mass is 194 g/mol. The lowest BCUT2D eigenvalue weighted by Crippen LogP contribution is -2.32. The van der Waals surface area contributed by atoms with Crippen LogP contribution >= 0.6 is 0 Å². The topological polar surface area (TPSA) is 17.1 Å². The quantitative estimate of drug-likeness (QED) is 0.614. The summed E-state index contributed by atoms with van der Waals surface area (Å²) >= 11 is 0. The van der Waals surface area contributed by atoms with Crippen molar-refractivity contribution in [2.45, 2.75) is 58.3 Å². The minimum atomic E-state index is 0.370. The molecule has 0 aromatic heterocycles. The van der Waals surface area contributed by atoms with E-state index in [2.05, 4.69) is 6.92 Å². The van der Waals surface area contributed by atoms with Crippen molar-refractivity contribution < 1.29 is 4.79 Å². The fraction of sp³-hybridized carbons (Fsp3) is 0.923. The predicted molar refractivity (Wildman–Crippen MR) is 58.1 cm³/mol. The Balaban J connectivity index is 2.01. The minimum absolute atomic E-state index is 0.370. The Morgan fingerprint density at radius 2 is 1.86 bits per heavy atom. The molecule has 0 radical (unpaired) electrons. The first-order chi connectivity index (χ1) is 6.74. The summed E-state index contributed by atoms with van der Waals surface area (Å²) in [5.41, 5.74) is 0.500. The maximum absolute atomic E-state index is 10.9. The first-order valence-corrected chi connectivity index (χ1v) is 6.20. The Bertz CT molecular complexity index is 205. The summed E-state index contributed by atoms with van der Waals surface area (Å²) < 4.78 is 0. The van der Waals surface area contributed by atoms with Gasteiger partial charge < -0.3 is 4.79 Å². The van der Waals surface area contributed by atoms with Gasteiger partial charge in [0, 0.05) is 5.92 Å². The maximum Gasteiger partial charge on any atom is 0.123 e. The molecule has 0 amide bonds. The van der Waals surface area contributed by atoms with Crippen LogP contribution in [-0.4, -0.2) is 6.29 Å². The van der Waals surface area contributed by atoms with Crippen LogP contribution in [0.4, 0.5) is 0 Å². The van der Waals surface area contributed by atoms with Crippen LogP contribution in [0.5, 0.6) is 0 Å². The van der Waals surface area contributed by atoms with Gasteiger partial charge in [-0.1, -0.05) is 26.2 Å². The minimum Gasteiger partial charge on any atom is -0.303 e. The molecule has 14 heavy (non-hydrogen) atoms. The van der Waals surface area contributed by atoms with E-state index < -0.39 is 0 Å². The van der Waals surface area contributed by atoms with Gasteiger partial charge in [-0.15, -0.1) is 0 Å². The third-order valence-corrected chi connectivity index (χ3v) is 4.58. The molecule has 2 aliphatic rings. The summed E-state index contributed by atoms with van der Waals surface area (Å²) in [5.74, 6) is 1.29. The van der Waals surface area contributed by atoms with Gasteiger partial charge in [-0.2, -0.15) is 0 Å². The van der Waals surface area contributed by atoms with Crippen LogP contribution in [0.25, 0.3) is 0 Å². The molecule has 2 saturated carbocycles. The van der Waals surface area contributed by atoms with Gasteiger partial charge in [-0.3, -0.25) is 0 Å². The third kappa shape index (κ3) is 1.87. The molecule has 0 bridgehead atoms. The summed E-state index contributed by atoms with van der Waals surface area (Å²) in [6.07, 6.45) is 11.8. The van der Waals surface area contributed by atoms with Crippen molar-refractivity contribution in [3.8, 4) is 0 Å². The molecule has 2 rings (SSSR count). The van der Waals surface area contributed by atoms with Gasteiger partial charge in [0.1, 0.15) is 6.29 Å². The standard InChI is InChI=1S/C13H22O/c1-13(12-6-2-3-7-12)8-4-5-11(9-13)10-14/h10-12H,2-9H2,1H3/t11-,13?/m1/s1. The summed E-state index contributed by atoms with van der Waals surface area (Å²) in [4.78, 5) is 10.9. The Hall–Kier alpha value is -0.330. The van der Waals surface area contributed by atoms with Crippen molar-refractivity contribution in [2.24, 2.45) is 17.3 Å². The zero-order valence-corrected chi connectivity index (χ0v) is 9.30. The van der Waals surface area contributed by atoms with Crippen molar-refractivity contribution in [3.63, 3.8) is 0 Å². The molecule has 2 aliphatic carbocycles. The highest BCUT2D eigenvalue weighted by Crippen LogP contribution is 2.49. The average molecular weight is 194 g/mol. The smallest absolute Gasteiger partial charge is 0.123 e. The lowest BCUT2D eigenvalue weighted by atomic mass is 9.64. The highest BCUT2D eigenvalue weighted by Gasteiger charge is 2.39. The summed E-state index contributed by atoms with van der Waals surface area (Å²) in [6, 6.07) is 0. The molecule has 0 spiro atoms. The van der Waals surface area contributed by atoms with Gasteiger partial charge in [-0.25, -0.2) is 0 Å². The van der Waals surface area contributed by atoms with Crippen LogP contribution < -0.4 is 0 Å². The molecule has 1 nitrogen and oxygen atoms in total. The molecule has 0 heterocycles. The molecule has 2 fully saturated rings. The van der Waals surface area contributed by atoms with E-state index in [0.29, 0.717) is 11.3 Å². The molecule has 80 valence electrons. The normalized spacial score (nSPS) is 39.9. The van der Waals surface area contributed by atoms with Gasteiger partial charge in [0.25, 0.3) is 0 Å². The van der Waals surface area contributed by atoms with Gasteiger partial charge in [0.2, 0.25) is 0 Å². The number of carbonyl (C=O) groups excluding carboxylic acids is 1. The van der Waals surface area contributed by atoms with Crippen molar-refractivity contribution in [1.82, 2.24) is 0 Å². The molecule has 1 heteroatoms. The molecular weight excluding hydrogens is 172 g/mol. The average Bonchev–Trinajstić information content (AvgIpc) is 2.71. The van der Waals surface area contributed by atoms with Crippen LogP contribution in [0.2, 0.25) is 0 Å². The van der Waals surface area contributed by atoms with Crippen molar-refractivity contribution >= 4 is 6.29 Å². The fourth-order valence-corrected chi connectivity index (χ4v) is 3.68. The number of hydrogen-bond donors (Lipinski definition) is 0. The molecule has 1 unspecified atom stereocenters. The zero-order valence-electron chi connectivity index (χ0n) is 9.30. The second kappa shape index (κ2) is 4.04. The van der Waals surface area contributed by atoms with E-state index in [0.717, 1.165) is 12.3 Å². The van der Waals surface area contributed by atoms with Crippen LogP contribution in [-0.2, 0) is 4.79 Å². The molecule has 0 aliphatic heterocycles. The molecule has 2 atom stereocenters. The van der Waals surface area contributed by atoms with Crippen LogP contribution in [0.15, 0.2) is 0 Å². The van der Waals surface area contributed by atoms with Crippen molar-refractivity contribution in [1.29, 1.82) is 0 Å². The number of hydrogen-bond acceptors (Lipinski definition) is 1. The fourth-order valence-electron chi connectivity index (χ4n) is 3.68. The second-order valence-corrected chi connectivity index (χ2v) is 5.63. The SMILES string of the molecule is CC1(C2CCCC2)CCC[C@@H](C=O)C1. The highest BCUT2D eigenvalue weighted by molar-refractivity contribution is 5.53. The van der Waals surface area contributed by atoms with E-state index in [1.54, 1.807) is 0 Å². The first kappa shape index (κ1) is 10.2. The van der Waals surface area contributed by atoms with Gasteiger partial charge in [0.15, 0.2) is 0 Å². The third-order valence-electron chi connectivity index (χ3n) is 4.58. The van der Waals surface area contributed by atoms with Gasteiger partial charge >= 0.3 is 0 Å². The highest BCUT2D eigenvalue weighted by atomic mass is 16.1. The predicted octanol–water partition coefficient (Wildman–Crippen LogP) is 3.57. The number of rotatable bonds is 2. The van der Waals surface area contributed by atoms with Crippen molar-refractivity contribution in [3.05, 3.63) is 0 Å². The number of carbonyl (C=O) groups is 1. The van der Waals surface area contributed by atoms with Crippen molar-refractivity contribution in [2.75, 3.05) is 0 Å². The zero-order chi connectivity index (χ0) is 10.0. The first-order valence-electron chi connectivity index (χ1n) is 6.20. The van der Waals surface area contributed by atoms with E-state index >= 15 is 0 Å². The van der Waals surface area contributed by atoms with Crippen LogP contribution in [0.3, 0.4) is 0 Å². The van der Waals surface area contributed by atoms with E-state index in [9.17, 15) is 4.79 Å². The molecular formula is C13H22O. The maximum atomic E-state index is 10.9. The summed E-state index contributed by atoms with van der Waals surface area (Å²) in [6.45, 7) is 2.43. The lowest BCUT2D eigenvalue weighted by Gasteiger charge is -2.41. The van der Waals surface area contributed by atoms with E-state index in [-0.39, 0.29) is 0 Å². The van der Waals surface area contributed by atoms with Crippen LogP contribution in [0, 0.1) is 17.3 Å². The van der Waals surface area contributed by atoms with E-state index in [1.165, 1.54) is 51.2 Å². The molecule has 0 saturated heterocycles. The summed E-state index contributed by atoms with van der Waals surface area (Å²) in [5, 5.41) is 0.